The molecule has 0 aliphatic carbocycles. The van der Waals surface area contributed by atoms with Crippen LogP contribution < -0.4 is 11.1 Å². The number of aromatic nitrogens is 3. The lowest BCUT2D eigenvalue weighted by molar-refractivity contribution is -0.113. The Kier molecular flexibility index (Phi) is 4.71. The van der Waals surface area contributed by atoms with Crippen LogP contribution >= 0.6 is 11.8 Å². The molecule has 0 unspecified atom stereocenters. The van der Waals surface area contributed by atoms with E-state index in [1.807, 2.05) is 24.3 Å². The molecule has 1 amide bonds. The molecule has 6 nitrogen and oxygen atoms in total. The molecule has 0 bridgehead atoms. The smallest absolute Gasteiger partial charge is 0.234 e. The van der Waals surface area contributed by atoms with Crippen molar-refractivity contribution in [2.24, 2.45) is 0 Å². The predicted molar refractivity (Wildman–Crippen MR) is 97.3 cm³/mol. The van der Waals surface area contributed by atoms with Crippen molar-refractivity contribution in [3.63, 3.8) is 0 Å². The number of carbonyl (C=O) groups is 1. The van der Waals surface area contributed by atoms with Crippen LogP contribution in [0.3, 0.4) is 0 Å². The van der Waals surface area contributed by atoms with E-state index in [1.54, 1.807) is 22.7 Å². The summed E-state index contributed by atoms with van der Waals surface area (Å²) in [4.78, 5) is 12.3. The minimum absolute atomic E-state index is 0.0752. The zero-order valence-corrected chi connectivity index (χ0v) is 14.4. The second kappa shape index (κ2) is 6.92. The summed E-state index contributed by atoms with van der Waals surface area (Å²) in [6.07, 6.45) is 1.75. The molecule has 0 spiro atoms. The number of benzene rings is 1. The third kappa shape index (κ3) is 3.51. The number of amides is 1. The van der Waals surface area contributed by atoms with Crippen LogP contribution in [0.5, 0.6) is 0 Å². The van der Waals surface area contributed by atoms with E-state index in [0.717, 1.165) is 11.3 Å². The quantitative estimate of drug-likeness (QED) is 0.696. The van der Waals surface area contributed by atoms with E-state index in [9.17, 15) is 4.79 Å². The van der Waals surface area contributed by atoms with Crippen molar-refractivity contribution in [3.8, 4) is 0 Å². The summed E-state index contributed by atoms with van der Waals surface area (Å²) in [6.45, 7) is 4.21. The first-order valence-electron chi connectivity index (χ1n) is 7.66. The third-order valence-corrected chi connectivity index (χ3v) is 4.53. The molecule has 2 heterocycles. The van der Waals surface area contributed by atoms with Gasteiger partial charge in [-0.3, -0.25) is 9.20 Å². The Bertz CT molecular complexity index is 874. The molecule has 24 heavy (non-hydrogen) atoms. The van der Waals surface area contributed by atoms with E-state index in [1.165, 1.54) is 11.8 Å². The van der Waals surface area contributed by atoms with Gasteiger partial charge in [-0.2, -0.15) is 0 Å². The summed E-state index contributed by atoms with van der Waals surface area (Å²) < 4.78 is 1.79. The summed E-state index contributed by atoms with van der Waals surface area (Å²) in [5.74, 6) is 0.522. The maximum absolute atomic E-state index is 12.3. The zero-order chi connectivity index (χ0) is 17.1. The first kappa shape index (κ1) is 16.3. The molecule has 3 N–H and O–H groups in total. The molecular formula is C17H19N5OS. The minimum atomic E-state index is -0.0752. The van der Waals surface area contributed by atoms with E-state index in [2.05, 4.69) is 29.4 Å². The van der Waals surface area contributed by atoms with Crippen molar-refractivity contribution in [2.75, 3.05) is 16.8 Å². The summed E-state index contributed by atoms with van der Waals surface area (Å²) in [5.41, 5.74) is 9.10. The number of nitrogen functional groups attached to an aromatic ring is 1. The van der Waals surface area contributed by atoms with Crippen molar-refractivity contribution in [1.29, 1.82) is 0 Å². The Balaban J connectivity index is 1.68. The van der Waals surface area contributed by atoms with Gasteiger partial charge in [-0.15, -0.1) is 10.2 Å². The number of pyridine rings is 1. The fourth-order valence-electron chi connectivity index (χ4n) is 2.42. The maximum atomic E-state index is 12.3. The van der Waals surface area contributed by atoms with Crippen LogP contribution in [0.4, 0.5) is 11.4 Å². The van der Waals surface area contributed by atoms with Crippen molar-refractivity contribution in [3.05, 3.63) is 48.2 Å². The molecule has 0 fully saturated rings. The monoisotopic (exact) mass is 341 g/mol. The number of nitrogens with one attached hydrogen (secondary N) is 1. The van der Waals surface area contributed by atoms with Crippen LogP contribution in [0.25, 0.3) is 5.65 Å². The Morgan fingerprint density at radius 3 is 2.83 bits per heavy atom. The minimum Gasteiger partial charge on any atom is -0.398 e. The molecular weight excluding hydrogens is 322 g/mol. The van der Waals surface area contributed by atoms with Crippen LogP contribution in [0.2, 0.25) is 0 Å². The van der Waals surface area contributed by atoms with Crippen molar-refractivity contribution < 1.29 is 4.79 Å². The molecule has 0 saturated heterocycles. The van der Waals surface area contributed by atoms with E-state index < -0.39 is 0 Å². The van der Waals surface area contributed by atoms with Gasteiger partial charge >= 0.3 is 0 Å². The fraction of sp³-hybridized carbons (Fsp3) is 0.235. The van der Waals surface area contributed by atoms with E-state index in [4.69, 9.17) is 5.73 Å². The van der Waals surface area contributed by atoms with Gasteiger partial charge in [-0.1, -0.05) is 43.8 Å². The Labute approximate surface area is 144 Å². The van der Waals surface area contributed by atoms with E-state index >= 15 is 0 Å². The summed E-state index contributed by atoms with van der Waals surface area (Å²) in [7, 11) is 0. The van der Waals surface area contributed by atoms with Gasteiger partial charge in [0.1, 0.15) is 0 Å². The number of fused-ring (bicyclic) bond motifs is 1. The van der Waals surface area contributed by atoms with Gasteiger partial charge < -0.3 is 11.1 Å². The lowest BCUT2D eigenvalue weighted by atomic mass is 10.0. The average Bonchev–Trinajstić information content (AvgIpc) is 2.95. The Morgan fingerprint density at radius 2 is 2.04 bits per heavy atom. The van der Waals surface area contributed by atoms with Gasteiger partial charge in [-0.25, -0.2) is 0 Å². The summed E-state index contributed by atoms with van der Waals surface area (Å²) in [6, 6.07) is 11.4. The number of nitrogens with zero attached hydrogens (tertiary/aromatic N) is 3. The number of carbonyl (C=O) groups excluding carboxylic acids is 1. The average molecular weight is 341 g/mol. The maximum Gasteiger partial charge on any atom is 0.234 e. The normalized spacial score (nSPS) is 11.1. The molecule has 0 radical (unpaired) electrons. The van der Waals surface area contributed by atoms with Crippen molar-refractivity contribution in [1.82, 2.24) is 14.6 Å². The highest BCUT2D eigenvalue weighted by Crippen LogP contribution is 2.24. The number of para-hydroxylation sites is 1. The highest BCUT2D eigenvalue weighted by atomic mass is 32.2. The molecule has 2 aromatic heterocycles. The molecule has 0 saturated carbocycles. The number of hydrogen-bond acceptors (Lipinski definition) is 5. The van der Waals surface area contributed by atoms with Crippen molar-refractivity contribution >= 4 is 34.7 Å². The van der Waals surface area contributed by atoms with Crippen LogP contribution in [0.15, 0.2) is 47.8 Å². The second-order valence-electron chi connectivity index (χ2n) is 5.75. The lowest BCUT2D eigenvalue weighted by Gasteiger charge is -2.13. The van der Waals surface area contributed by atoms with E-state index in [-0.39, 0.29) is 11.7 Å². The van der Waals surface area contributed by atoms with Crippen LogP contribution in [0.1, 0.15) is 25.3 Å². The van der Waals surface area contributed by atoms with E-state index in [0.29, 0.717) is 22.4 Å². The fourth-order valence-corrected chi connectivity index (χ4v) is 3.13. The number of rotatable bonds is 5. The Morgan fingerprint density at radius 1 is 1.25 bits per heavy atom. The van der Waals surface area contributed by atoms with Gasteiger partial charge in [0.2, 0.25) is 5.91 Å². The van der Waals surface area contributed by atoms with Gasteiger partial charge in [0.25, 0.3) is 0 Å². The Hall–Kier alpha value is -2.54. The van der Waals surface area contributed by atoms with Gasteiger partial charge in [0.15, 0.2) is 10.8 Å². The molecule has 0 aliphatic rings. The number of anilines is 2. The predicted octanol–water partition coefficient (Wildman–Crippen LogP) is 3.17. The van der Waals surface area contributed by atoms with Gasteiger partial charge in [-0.05, 0) is 29.7 Å². The van der Waals surface area contributed by atoms with Crippen LogP contribution in [0, 0.1) is 0 Å². The third-order valence-electron chi connectivity index (χ3n) is 3.58. The van der Waals surface area contributed by atoms with Gasteiger partial charge in [0.05, 0.1) is 5.75 Å². The SMILES string of the molecule is CC(C)c1ccccc1NC(=O)CSc1nnc2ccc(N)cn12. The second-order valence-corrected chi connectivity index (χ2v) is 6.69. The van der Waals surface area contributed by atoms with Crippen LogP contribution in [-0.4, -0.2) is 26.3 Å². The summed E-state index contributed by atoms with van der Waals surface area (Å²) in [5, 5.41) is 11.8. The number of thioether (sulfide) groups is 1. The first-order valence-corrected chi connectivity index (χ1v) is 8.65. The molecule has 3 rings (SSSR count). The van der Waals surface area contributed by atoms with Crippen molar-refractivity contribution in [2.45, 2.75) is 24.9 Å². The topological polar surface area (TPSA) is 85.3 Å². The number of hydrogen-bond donors (Lipinski definition) is 2. The first-order chi connectivity index (χ1) is 11.5. The molecule has 0 aliphatic heterocycles. The van der Waals surface area contributed by atoms with Gasteiger partial charge in [0, 0.05) is 17.6 Å². The zero-order valence-electron chi connectivity index (χ0n) is 13.6. The molecule has 124 valence electrons. The highest BCUT2D eigenvalue weighted by molar-refractivity contribution is 7.99. The lowest BCUT2D eigenvalue weighted by Crippen LogP contribution is -2.15. The molecule has 7 heteroatoms. The molecule has 1 aromatic carbocycles. The standard InChI is InChI=1S/C17H19N5OS/c1-11(2)13-5-3-4-6-14(13)19-16(23)10-24-17-21-20-15-8-7-12(18)9-22(15)17/h3-9,11H,10,18H2,1-2H3,(H,19,23). The molecule has 0 atom stereocenters. The highest BCUT2D eigenvalue weighted by Gasteiger charge is 2.12. The molecule has 3 aromatic rings. The summed E-state index contributed by atoms with van der Waals surface area (Å²) >= 11 is 1.33. The van der Waals surface area contributed by atoms with Crippen LogP contribution in [-0.2, 0) is 4.79 Å². The largest absolute Gasteiger partial charge is 0.398 e. The number of nitrogens with two attached hydrogens (primary N) is 1.